The Balaban J connectivity index is 2.01. The first-order chi connectivity index (χ1) is 10.1. The normalized spacial score (nSPS) is 15.9. The first kappa shape index (κ1) is 15.6. The molecule has 3 N–H and O–H groups in total. The highest BCUT2D eigenvalue weighted by Crippen LogP contribution is 2.24. The quantitative estimate of drug-likeness (QED) is 0.765. The second-order valence-corrected chi connectivity index (χ2v) is 5.11. The average molecular weight is 293 g/mol. The molecule has 0 unspecified atom stereocenters. The summed E-state index contributed by atoms with van der Waals surface area (Å²) >= 11 is 0. The van der Waals surface area contributed by atoms with Crippen molar-refractivity contribution in [3.05, 3.63) is 23.8 Å². The Labute approximate surface area is 125 Å². The molecule has 6 heteroatoms. The summed E-state index contributed by atoms with van der Waals surface area (Å²) in [6.07, 6.45) is 0. The number of morpholine rings is 1. The molecular weight excluding hydrogens is 270 g/mol. The van der Waals surface area contributed by atoms with Crippen molar-refractivity contribution >= 4 is 17.3 Å². The maximum atomic E-state index is 10.9. The molecule has 2 rings (SSSR count). The molecule has 1 aromatic rings. The zero-order chi connectivity index (χ0) is 15.2. The van der Waals surface area contributed by atoms with Crippen molar-refractivity contribution < 1.29 is 14.6 Å². The van der Waals surface area contributed by atoms with E-state index in [4.69, 9.17) is 15.6 Å². The first-order valence-electron chi connectivity index (χ1n) is 7.29. The number of nitrogens with two attached hydrogens (primary N) is 1. The largest absolute Gasteiger partial charge is 0.478 e. The van der Waals surface area contributed by atoms with Gasteiger partial charge in [0.1, 0.15) is 0 Å². The van der Waals surface area contributed by atoms with Gasteiger partial charge in [0.05, 0.1) is 30.2 Å². The summed E-state index contributed by atoms with van der Waals surface area (Å²) in [6.45, 7) is 8.24. The Bertz CT molecular complexity index is 487. The SMILES string of the molecule is CCN(CCN1CCOCC1)c1ccc(C(=O)O)cc1N. The maximum absolute atomic E-state index is 10.9. The van der Waals surface area contributed by atoms with Gasteiger partial charge in [-0.2, -0.15) is 0 Å². The number of ether oxygens (including phenoxy) is 1. The Morgan fingerprint density at radius 1 is 1.43 bits per heavy atom. The van der Waals surface area contributed by atoms with Crippen LogP contribution in [-0.2, 0) is 4.74 Å². The Hall–Kier alpha value is -1.79. The molecule has 6 nitrogen and oxygen atoms in total. The molecule has 0 saturated carbocycles. The van der Waals surface area contributed by atoms with Crippen LogP contribution in [0.15, 0.2) is 18.2 Å². The fourth-order valence-electron chi connectivity index (χ4n) is 2.51. The van der Waals surface area contributed by atoms with E-state index in [1.807, 2.05) is 0 Å². The van der Waals surface area contributed by atoms with E-state index < -0.39 is 5.97 Å². The molecule has 116 valence electrons. The van der Waals surface area contributed by atoms with Crippen LogP contribution in [-0.4, -0.2) is 61.9 Å². The highest BCUT2D eigenvalue weighted by Gasteiger charge is 2.14. The number of hydrogen-bond acceptors (Lipinski definition) is 5. The standard InChI is InChI=1S/C15H23N3O3/c1-2-18(6-5-17-7-9-21-10-8-17)14-4-3-12(15(19)20)11-13(14)16/h3-4,11H,2,5-10,16H2,1H3,(H,19,20). The fourth-order valence-corrected chi connectivity index (χ4v) is 2.51. The maximum Gasteiger partial charge on any atom is 0.335 e. The molecule has 0 aliphatic carbocycles. The molecule has 0 radical (unpaired) electrons. The number of likely N-dealkylation sites (N-methyl/N-ethyl adjacent to an activating group) is 1. The van der Waals surface area contributed by atoms with Crippen LogP contribution in [0, 0.1) is 0 Å². The lowest BCUT2D eigenvalue weighted by atomic mass is 10.1. The van der Waals surface area contributed by atoms with Crippen LogP contribution in [0.5, 0.6) is 0 Å². The van der Waals surface area contributed by atoms with Crippen molar-refractivity contribution in [1.82, 2.24) is 4.90 Å². The van der Waals surface area contributed by atoms with E-state index in [0.29, 0.717) is 5.69 Å². The van der Waals surface area contributed by atoms with E-state index in [9.17, 15) is 4.79 Å². The van der Waals surface area contributed by atoms with Gasteiger partial charge in [0.15, 0.2) is 0 Å². The lowest BCUT2D eigenvalue weighted by molar-refractivity contribution is 0.0392. The molecule has 21 heavy (non-hydrogen) atoms. The van der Waals surface area contributed by atoms with Gasteiger partial charge in [0.25, 0.3) is 0 Å². The van der Waals surface area contributed by atoms with Crippen LogP contribution in [0.4, 0.5) is 11.4 Å². The van der Waals surface area contributed by atoms with E-state index >= 15 is 0 Å². The van der Waals surface area contributed by atoms with Gasteiger partial charge in [-0.15, -0.1) is 0 Å². The number of benzene rings is 1. The zero-order valence-corrected chi connectivity index (χ0v) is 12.4. The highest BCUT2D eigenvalue weighted by molar-refractivity contribution is 5.90. The summed E-state index contributed by atoms with van der Waals surface area (Å²) in [5.74, 6) is -0.954. The molecular formula is C15H23N3O3. The summed E-state index contributed by atoms with van der Waals surface area (Å²) in [6, 6.07) is 4.92. The van der Waals surface area contributed by atoms with Crippen molar-refractivity contribution in [2.75, 3.05) is 56.6 Å². The lowest BCUT2D eigenvalue weighted by Gasteiger charge is -2.31. The Morgan fingerprint density at radius 2 is 2.14 bits per heavy atom. The third-order valence-electron chi connectivity index (χ3n) is 3.79. The molecule has 1 heterocycles. The van der Waals surface area contributed by atoms with Gasteiger partial charge >= 0.3 is 5.97 Å². The average Bonchev–Trinajstić information content (AvgIpc) is 2.50. The molecule has 1 aliphatic heterocycles. The number of anilines is 2. The molecule has 0 aromatic heterocycles. The minimum absolute atomic E-state index is 0.223. The summed E-state index contributed by atoms with van der Waals surface area (Å²) < 4.78 is 5.34. The number of aromatic carboxylic acids is 1. The van der Waals surface area contributed by atoms with Gasteiger partial charge in [-0.1, -0.05) is 0 Å². The summed E-state index contributed by atoms with van der Waals surface area (Å²) in [5, 5.41) is 8.98. The number of carboxylic acid groups (broad SMARTS) is 1. The van der Waals surface area contributed by atoms with E-state index in [-0.39, 0.29) is 5.56 Å². The monoisotopic (exact) mass is 293 g/mol. The summed E-state index contributed by atoms with van der Waals surface area (Å²) in [5.41, 5.74) is 7.64. The number of rotatable bonds is 6. The lowest BCUT2D eigenvalue weighted by Crippen LogP contribution is -2.41. The third kappa shape index (κ3) is 4.09. The van der Waals surface area contributed by atoms with Gasteiger partial charge in [0, 0.05) is 32.7 Å². The molecule has 0 bridgehead atoms. The predicted octanol–water partition coefficient (Wildman–Crippen LogP) is 1.13. The smallest absolute Gasteiger partial charge is 0.335 e. The molecule has 1 saturated heterocycles. The number of nitrogen functional groups attached to an aromatic ring is 1. The second-order valence-electron chi connectivity index (χ2n) is 5.11. The minimum Gasteiger partial charge on any atom is -0.478 e. The van der Waals surface area contributed by atoms with Crippen LogP contribution in [0.2, 0.25) is 0 Å². The van der Waals surface area contributed by atoms with E-state index in [0.717, 1.165) is 51.6 Å². The van der Waals surface area contributed by atoms with Crippen LogP contribution >= 0.6 is 0 Å². The van der Waals surface area contributed by atoms with Crippen molar-refractivity contribution in [3.8, 4) is 0 Å². The van der Waals surface area contributed by atoms with Crippen molar-refractivity contribution in [2.24, 2.45) is 0 Å². The molecule has 1 aliphatic rings. The Morgan fingerprint density at radius 3 is 2.71 bits per heavy atom. The number of hydrogen-bond donors (Lipinski definition) is 2. The predicted molar refractivity (Wildman–Crippen MR) is 83.0 cm³/mol. The van der Waals surface area contributed by atoms with Crippen molar-refractivity contribution in [3.63, 3.8) is 0 Å². The molecule has 0 amide bonds. The number of carbonyl (C=O) groups is 1. The van der Waals surface area contributed by atoms with Crippen LogP contribution in [0.1, 0.15) is 17.3 Å². The zero-order valence-electron chi connectivity index (χ0n) is 12.4. The second kappa shape index (κ2) is 7.28. The van der Waals surface area contributed by atoms with Gasteiger partial charge in [-0.25, -0.2) is 4.79 Å². The van der Waals surface area contributed by atoms with Gasteiger partial charge in [-0.05, 0) is 25.1 Å². The molecule has 1 aromatic carbocycles. The number of nitrogens with zero attached hydrogens (tertiary/aromatic N) is 2. The van der Waals surface area contributed by atoms with Crippen molar-refractivity contribution in [2.45, 2.75) is 6.92 Å². The van der Waals surface area contributed by atoms with E-state index in [1.165, 1.54) is 6.07 Å². The van der Waals surface area contributed by atoms with Gasteiger partial charge < -0.3 is 20.5 Å². The topological polar surface area (TPSA) is 79.0 Å². The summed E-state index contributed by atoms with van der Waals surface area (Å²) in [7, 11) is 0. The Kier molecular flexibility index (Phi) is 5.41. The molecule has 0 atom stereocenters. The molecule has 0 spiro atoms. The van der Waals surface area contributed by atoms with E-state index in [2.05, 4.69) is 16.7 Å². The van der Waals surface area contributed by atoms with Gasteiger partial charge in [0.2, 0.25) is 0 Å². The number of carboxylic acids is 1. The van der Waals surface area contributed by atoms with Crippen molar-refractivity contribution in [1.29, 1.82) is 0 Å². The van der Waals surface area contributed by atoms with Gasteiger partial charge in [-0.3, -0.25) is 4.90 Å². The van der Waals surface area contributed by atoms with Crippen LogP contribution in [0.25, 0.3) is 0 Å². The highest BCUT2D eigenvalue weighted by atomic mass is 16.5. The summed E-state index contributed by atoms with van der Waals surface area (Å²) in [4.78, 5) is 15.5. The van der Waals surface area contributed by atoms with E-state index in [1.54, 1.807) is 12.1 Å². The molecule has 1 fully saturated rings. The van der Waals surface area contributed by atoms with Crippen LogP contribution in [0.3, 0.4) is 0 Å². The van der Waals surface area contributed by atoms with Crippen LogP contribution < -0.4 is 10.6 Å². The fraction of sp³-hybridized carbons (Fsp3) is 0.533. The first-order valence-corrected chi connectivity index (χ1v) is 7.29. The minimum atomic E-state index is -0.954. The third-order valence-corrected chi connectivity index (χ3v) is 3.79.